The number of aromatic nitrogens is 1. The molecule has 0 radical (unpaired) electrons. The molecule has 1 aromatic rings. The van der Waals surface area contributed by atoms with Crippen molar-refractivity contribution in [2.24, 2.45) is 0 Å². The van der Waals surface area contributed by atoms with E-state index in [0.717, 1.165) is 6.54 Å². The fraction of sp³-hybridized carbons (Fsp3) is 0.615. The van der Waals surface area contributed by atoms with E-state index in [-0.39, 0.29) is 11.6 Å². The summed E-state index contributed by atoms with van der Waals surface area (Å²) in [6.07, 6.45) is 4.48. The van der Waals surface area contributed by atoms with Gasteiger partial charge in [-0.25, -0.2) is 0 Å². The fourth-order valence-electron chi connectivity index (χ4n) is 2.45. The van der Waals surface area contributed by atoms with Crippen molar-refractivity contribution in [1.29, 1.82) is 0 Å². The zero-order valence-corrected chi connectivity index (χ0v) is 10.3. The Balaban J connectivity index is 2.35. The highest BCUT2D eigenvalue weighted by molar-refractivity contribution is 5.16. The molecule has 1 aliphatic rings. The highest BCUT2D eigenvalue weighted by atomic mass is 16.1. The second-order valence-corrected chi connectivity index (χ2v) is 4.94. The van der Waals surface area contributed by atoms with Gasteiger partial charge in [0, 0.05) is 24.3 Å². The largest absolute Gasteiger partial charge is 0.313 e. The summed E-state index contributed by atoms with van der Waals surface area (Å²) in [6, 6.07) is 4.40. The average molecular weight is 220 g/mol. The highest BCUT2D eigenvalue weighted by Gasteiger charge is 2.23. The molecular weight excluding hydrogens is 200 g/mol. The van der Waals surface area contributed by atoms with E-state index < -0.39 is 0 Å². The van der Waals surface area contributed by atoms with Crippen LogP contribution in [0.4, 0.5) is 0 Å². The summed E-state index contributed by atoms with van der Waals surface area (Å²) in [5.74, 6) is 0. The molecular formula is C13H20N2O. The van der Waals surface area contributed by atoms with Crippen molar-refractivity contribution in [3.8, 4) is 0 Å². The fourth-order valence-corrected chi connectivity index (χ4v) is 2.45. The molecule has 1 fully saturated rings. The maximum absolute atomic E-state index is 11.7. The Labute approximate surface area is 96.7 Å². The normalized spacial score (nSPS) is 21.9. The molecule has 1 aliphatic heterocycles. The second kappa shape index (κ2) is 4.42. The zero-order chi connectivity index (χ0) is 11.7. The average Bonchev–Trinajstić information content (AvgIpc) is 2.65. The third-order valence-corrected chi connectivity index (χ3v) is 3.42. The topological polar surface area (TPSA) is 25.2 Å². The Hall–Kier alpha value is -1.09. The van der Waals surface area contributed by atoms with Crippen LogP contribution in [-0.2, 0) is 0 Å². The molecule has 0 saturated carbocycles. The first-order chi connectivity index (χ1) is 7.59. The minimum atomic E-state index is 0.0967. The minimum Gasteiger partial charge on any atom is -0.313 e. The number of likely N-dealkylation sites (tertiary alicyclic amines) is 1. The van der Waals surface area contributed by atoms with Gasteiger partial charge in [-0.05, 0) is 45.8 Å². The van der Waals surface area contributed by atoms with E-state index in [2.05, 4.69) is 11.9 Å². The van der Waals surface area contributed by atoms with Gasteiger partial charge in [0.1, 0.15) is 0 Å². The van der Waals surface area contributed by atoms with E-state index >= 15 is 0 Å². The van der Waals surface area contributed by atoms with E-state index in [4.69, 9.17) is 0 Å². The van der Waals surface area contributed by atoms with Crippen molar-refractivity contribution < 1.29 is 0 Å². The molecule has 2 heterocycles. The summed E-state index contributed by atoms with van der Waals surface area (Å²) in [7, 11) is 2.16. The van der Waals surface area contributed by atoms with E-state index in [9.17, 15) is 4.79 Å². The van der Waals surface area contributed by atoms with E-state index in [1.165, 1.54) is 18.4 Å². The predicted octanol–water partition coefficient (Wildman–Crippen LogP) is 2.20. The van der Waals surface area contributed by atoms with Gasteiger partial charge in [-0.15, -0.1) is 0 Å². The van der Waals surface area contributed by atoms with E-state index in [1.54, 1.807) is 6.07 Å². The van der Waals surface area contributed by atoms with Gasteiger partial charge in [0.05, 0.1) is 0 Å². The van der Waals surface area contributed by atoms with Crippen molar-refractivity contribution >= 4 is 0 Å². The number of hydrogen-bond acceptors (Lipinski definition) is 2. The molecule has 1 saturated heterocycles. The molecule has 0 aromatic carbocycles. The van der Waals surface area contributed by atoms with Crippen LogP contribution in [0.3, 0.4) is 0 Å². The quantitative estimate of drug-likeness (QED) is 0.763. The monoisotopic (exact) mass is 220 g/mol. The van der Waals surface area contributed by atoms with E-state index in [0.29, 0.717) is 6.04 Å². The molecule has 0 bridgehead atoms. The third kappa shape index (κ3) is 2.05. The van der Waals surface area contributed by atoms with Crippen molar-refractivity contribution in [1.82, 2.24) is 9.47 Å². The number of rotatable bonds is 2. The van der Waals surface area contributed by atoms with Crippen LogP contribution in [0.25, 0.3) is 0 Å². The molecule has 1 aromatic heterocycles. The summed E-state index contributed by atoms with van der Waals surface area (Å²) in [5.41, 5.74) is 1.37. The van der Waals surface area contributed by atoms with Gasteiger partial charge >= 0.3 is 0 Å². The predicted molar refractivity (Wildman–Crippen MR) is 65.7 cm³/mol. The van der Waals surface area contributed by atoms with Gasteiger partial charge in [-0.3, -0.25) is 9.69 Å². The highest BCUT2D eigenvalue weighted by Crippen LogP contribution is 2.29. The summed E-state index contributed by atoms with van der Waals surface area (Å²) in [6.45, 7) is 5.25. The molecule has 0 amide bonds. The Morgan fingerprint density at radius 2 is 2.12 bits per heavy atom. The second-order valence-electron chi connectivity index (χ2n) is 4.94. The van der Waals surface area contributed by atoms with Crippen LogP contribution in [0.15, 0.2) is 23.1 Å². The molecule has 3 nitrogen and oxygen atoms in total. The lowest BCUT2D eigenvalue weighted by Gasteiger charge is -2.21. The maximum Gasteiger partial charge on any atom is 0.250 e. The summed E-state index contributed by atoms with van der Waals surface area (Å²) in [4.78, 5) is 14.0. The van der Waals surface area contributed by atoms with Gasteiger partial charge in [-0.2, -0.15) is 0 Å². The van der Waals surface area contributed by atoms with Crippen LogP contribution < -0.4 is 5.56 Å². The first kappa shape index (κ1) is 11.4. The molecule has 88 valence electrons. The van der Waals surface area contributed by atoms with Gasteiger partial charge < -0.3 is 4.57 Å². The van der Waals surface area contributed by atoms with Crippen LogP contribution in [-0.4, -0.2) is 23.1 Å². The number of nitrogens with zero attached hydrogens (tertiary/aromatic N) is 2. The lowest BCUT2D eigenvalue weighted by atomic mass is 10.1. The van der Waals surface area contributed by atoms with Crippen molar-refractivity contribution in [2.45, 2.75) is 38.8 Å². The standard InChI is InChI=1S/C13H20N2O/c1-10(2)15-9-11(6-7-13(15)16)12-5-4-8-14(12)3/h6-7,9-10,12H,4-5,8H2,1-3H3. The van der Waals surface area contributed by atoms with E-state index in [1.807, 2.05) is 30.7 Å². The molecule has 2 rings (SSSR count). The number of pyridine rings is 1. The van der Waals surface area contributed by atoms with Crippen LogP contribution in [0.5, 0.6) is 0 Å². The lowest BCUT2D eigenvalue weighted by molar-refractivity contribution is 0.315. The molecule has 0 aliphatic carbocycles. The summed E-state index contributed by atoms with van der Waals surface area (Å²) < 4.78 is 1.82. The first-order valence-electron chi connectivity index (χ1n) is 6.02. The molecule has 3 heteroatoms. The van der Waals surface area contributed by atoms with Crippen molar-refractivity contribution in [3.63, 3.8) is 0 Å². The lowest BCUT2D eigenvalue weighted by Crippen LogP contribution is -2.24. The van der Waals surface area contributed by atoms with Crippen LogP contribution in [0.1, 0.15) is 44.3 Å². The van der Waals surface area contributed by atoms with Gasteiger partial charge in [0.15, 0.2) is 0 Å². The Kier molecular flexibility index (Phi) is 3.15. The number of hydrogen-bond donors (Lipinski definition) is 0. The van der Waals surface area contributed by atoms with Crippen LogP contribution in [0.2, 0.25) is 0 Å². The molecule has 16 heavy (non-hydrogen) atoms. The third-order valence-electron chi connectivity index (χ3n) is 3.42. The molecule has 1 unspecified atom stereocenters. The first-order valence-corrected chi connectivity index (χ1v) is 6.02. The Morgan fingerprint density at radius 1 is 1.38 bits per heavy atom. The van der Waals surface area contributed by atoms with Gasteiger partial charge in [0.25, 0.3) is 5.56 Å². The Bertz CT molecular complexity index is 422. The maximum atomic E-state index is 11.7. The van der Waals surface area contributed by atoms with Crippen LogP contribution >= 0.6 is 0 Å². The minimum absolute atomic E-state index is 0.0967. The Morgan fingerprint density at radius 3 is 2.69 bits per heavy atom. The summed E-state index contributed by atoms with van der Waals surface area (Å²) >= 11 is 0. The van der Waals surface area contributed by atoms with Crippen molar-refractivity contribution in [2.75, 3.05) is 13.6 Å². The SMILES string of the molecule is CC(C)n1cc(C2CCCN2C)ccc1=O. The summed E-state index contributed by atoms with van der Waals surface area (Å²) in [5, 5.41) is 0. The zero-order valence-electron chi connectivity index (χ0n) is 10.3. The van der Waals surface area contributed by atoms with Crippen LogP contribution in [0, 0.1) is 0 Å². The van der Waals surface area contributed by atoms with Crippen molar-refractivity contribution in [3.05, 3.63) is 34.2 Å². The molecule has 1 atom stereocenters. The molecule has 0 N–H and O–H groups in total. The molecule has 0 spiro atoms. The van der Waals surface area contributed by atoms with Gasteiger partial charge in [-0.1, -0.05) is 6.07 Å². The van der Waals surface area contributed by atoms with Gasteiger partial charge in [0.2, 0.25) is 0 Å². The smallest absolute Gasteiger partial charge is 0.250 e.